The van der Waals surface area contributed by atoms with Crippen LogP contribution in [0.25, 0.3) is 85.2 Å². The maximum Gasteiger partial charge on any atom is 0.125 e. The first-order chi connectivity index (χ1) is 23.0. The summed E-state index contributed by atoms with van der Waals surface area (Å²) in [5.41, 5.74) is 12.6. The van der Waals surface area contributed by atoms with Crippen LogP contribution in [0.3, 0.4) is 0 Å². The molecule has 0 saturated heterocycles. The Morgan fingerprint density at radius 1 is 0.468 bits per heavy atom. The molecule has 222 valence electrons. The number of aromatic nitrogens is 2. The summed E-state index contributed by atoms with van der Waals surface area (Å²) in [6.07, 6.45) is 1.87. The standard InChI is InChI=1S/C43H28N2S2/c1-43(2)36-17-4-3-11-29(36)30-19-18-26(24-37(30)43)25-9-5-10-27(23-25)28-12-6-13-32-34-20-21-38(45-42(34)47-39(28)32)35-15-7-14-31-33-16-8-22-44-41(33)46-40(31)35/h3-24H,1-2H3. The highest BCUT2D eigenvalue weighted by Crippen LogP contribution is 2.50. The van der Waals surface area contributed by atoms with Crippen LogP contribution < -0.4 is 0 Å². The van der Waals surface area contributed by atoms with Gasteiger partial charge in [0.15, 0.2) is 0 Å². The Morgan fingerprint density at radius 2 is 1.13 bits per heavy atom. The molecule has 0 atom stereocenters. The number of nitrogens with zero attached hydrogens (tertiary/aromatic N) is 2. The van der Waals surface area contributed by atoms with Crippen LogP contribution in [0.1, 0.15) is 25.0 Å². The van der Waals surface area contributed by atoms with E-state index in [0.29, 0.717) is 0 Å². The van der Waals surface area contributed by atoms with Crippen LogP contribution in [0.5, 0.6) is 0 Å². The summed E-state index contributed by atoms with van der Waals surface area (Å²) in [6, 6.07) is 46.7. The van der Waals surface area contributed by atoms with E-state index in [2.05, 4.69) is 140 Å². The molecule has 0 amide bonds. The first kappa shape index (κ1) is 27.0. The second-order valence-corrected chi connectivity index (χ2v) is 15.0. The lowest BCUT2D eigenvalue weighted by Gasteiger charge is -2.22. The van der Waals surface area contributed by atoms with Gasteiger partial charge < -0.3 is 0 Å². The van der Waals surface area contributed by atoms with Gasteiger partial charge in [0.2, 0.25) is 0 Å². The van der Waals surface area contributed by atoms with Gasteiger partial charge in [-0.05, 0) is 80.9 Å². The van der Waals surface area contributed by atoms with Crippen LogP contribution in [0, 0.1) is 0 Å². The third kappa shape index (κ3) is 3.95. The molecule has 0 radical (unpaired) electrons. The zero-order chi connectivity index (χ0) is 31.3. The fourth-order valence-corrected chi connectivity index (χ4v) is 10.0. The molecule has 0 fully saturated rings. The quantitative estimate of drug-likeness (QED) is 0.193. The zero-order valence-electron chi connectivity index (χ0n) is 25.9. The third-order valence-electron chi connectivity index (χ3n) is 10.0. The van der Waals surface area contributed by atoms with Crippen molar-refractivity contribution in [1.82, 2.24) is 9.97 Å². The first-order valence-electron chi connectivity index (χ1n) is 16.0. The van der Waals surface area contributed by atoms with E-state index >= 15 is 0 Å². The van der Waals surface area contributed by atoms with Crippen LogP contribution in [-0.2, 0) is 5.41 Å². The fraction of sp³-hybridized carbons (Fsp3) is 0.0698. The smallest absolute Gasteiger partial charge is 0.125 e. The summed E-state index contributed by atoms with van der Waals surface area (Å²) in [6.45, 7) is 4.69. The van der Waals surface area contributed by atoms with Crippen molar-refractivity contribution in [2.75, 3.05) is 0 Å². The second kappa shape index (κ2) is 9.92. The molecule has 1 aliphatic carbocycles. The Hall–Kier alpha value is -5.16. The normalized spacial score (nSPS) is 13.5. The Balaban J connectivity index is 1.07. The van der Waals surface area contributed by atoms with Crippen molar-refractivity contribution in [3.8, 4) is 44.6 Å². The molecule has 4 aromatic heterocycles. The Morgan fingerprint density at radius 3 is 2.02 bits per heavy atom. The topological polar surface area (TPSA) is 25.8 Å². The van der Waals surface area contributed by atoms with Gasteiger partial charge in [0.25, 0.3) is 0 Å². The molecule has 0 aliphatic heterocycles. The summed E-state index contributed by atoms with van der Waals surface area (Å²) in [5, 5.41) is 4.91. The van der Waals surface area contributed by atoms with Crippen molar-refractivity contribution in [3.05, 3.63) is 145 Å². The van der Waals surface area contributed by atoms with E-state index in [1.165, 1.54) is 81.0 Å². The van der Waals surface area contributed by atoms with E-state index in [1.54, 1.807) is 22.7 Å². The molecule has 10 rings (SSSR count). The predicted molar refractivity (Wildman–Crippen MR) is 202 cm³/mol. The molecular formula is C43H28N2S2. The van der Waals surface area contributed by atoms with E-state index in [-0.39, 0.29) is 5.41 Å². The molecule has 4 heteroatoms. The number of benzene rings is 5. The summed E-state index contributed by atoms with van der Waals surface area (Å²) < 4.78 is 2.52. The number of hydrogen-bond donors (Lipinski definition) is 0. The number of hydrogen-bond acceptors (Lipinski definition) is 4. The summed E-state index contributed by atoms with van der Waals surface area (Å²) in [5.74, 6) is 0. The highest BCUT2D eigenvalue weighted by atomic mass is 32.1. The minimum absolute atomic E-state index is 0.0204. The van der Waals surface area contributed by atoms with Crippen molar-refractivity contribution >= 4 is 63.3 Å². The van der Waals surface area contributed by atoms with E-state index in [9.17, 15) is 0 Å². The second-order valence-electron chi connectivity index (χ2n) is 13.0. The van der Waals surface area contributed by atoms with Gasteiger partial charge >= 0.3 is 0 Å². The highest BCUT2D eigenvalue weighted by molar-refractivity contribution is 7.26. The number of rotatable bonds is 3. The highest BCUT2D eigenvalue weighted by Gasteiger charge is 2.35. The zero-order valence-corrected chi connectivity index (χ0v) is 27.5. The summed E-state index contributed by atoms with van der Waals surface area (Å²) >= 11 is 3.54. The average molecular weight is 637 g/mol. The van der Waals surface area contributed by atoms with Crippen LogP contribution in [0.2, 0.25) is 0 Å². The van der Waals surface area contributed by atoms with E-state index in [1.807, 2.05) is 12.3 Å². The number of pyridine rings is 2. The summed E-state index contributed by atoms with van der Waals surface area (Å²) in [4.78, 5) is 12.0. The van der Waals surface area contributed by atoms with E-state index < -0.39 is 0 Å². The predicted octanol–water partition coefficient (Wildman–Crippen LogP) is 12.5. The minimum Gasteiger partial charge on any atom is -0.245 e. The molecule has 0 N–H and O–H groups in total. The maximum atomic E-state index is 5.27. The van der Waals surface area contributed by atoms with Crippen molar-refractivity contribution in [2.45, 2.75) is 19.3 Å². The Kier molecular flexibility index (Phi) is 5.70. The summed E-state index contributed by atoms with van der Waals surface area (Å²) in [7, 11) is 0. The lowest BCUT2D eigenvalue weighted by atomic mass is 9.81. The Bertz CT molecular complexity index is 2730. The molecule has 1 aliphatic rings. The Labute approximate surface area is 280 Å². The third-order valence-corrected chi connectivity index (χ3v) is 12.3. The largest absolute Gasteiger partial charge is 0.245 e. The average Bonchev–Trinajstić information content (AvgIpc) is 3.76. The van der Waals surface area contributed by atoms with Crippen LogP contribution in [0.15, 0.2) is 134 Å². The number of fused-ring (bicyclic) bond motifs is 9. The molecule has 9 aromatic rings. The van der Waals surface area contributed by atoms with Crippen molar-refractivity contribution in [2.24, 2.45) is 0 Å². The van der Waals surface area contributed by atoms with Gasteiger partial charge in [-0.1, -0.05) is 105 Å². The fourth-order valence-electron chi connectivity index (χ4n) is 7.64. The lowest BCUT2D eigenvalue weighted by Crippen LogP contribution is -2.14. The van der Waals surface area contributed by atoms with E-state index in [0.717, 1.165) is 15.4 Å². The molecule has 0 bridgehead atoms. The molecule has 4 heterocycles. The molecule has 5 aromatic carbocycles. The van der Waals surface area contributed by atoms with Gasteiger partial charge in [-0.2, -0.15) is 0 Å². The van der Waals surface area contributed by atoms with Gasteiger partial charge in [-0.25, -0.2) is 9.97 Å². The molecule has 0 saturated carbocycles. The van der Waals surface area contributed by atoms with Gasteiger partial charge in [0.05, 0.1) is 5.69 Å². The molecule has 2 nitrogen and oxygen atoms in total. The van der Waals surface area contributed by atoms with Gasteiger partial charge in [-0.15, -0.1) is 22.7 Å². The van der Waals surface area contributed by atoms with Gasteiger partial charge in [0, 0.05) is 48.1 Å². The van der Waals surface area contributed by atoms with Crippen molar-refractivity contribution in [1.29, 1.82) is 0 Å². The van der Waals surface area contributed by atoms with Gasteiger partial charge in [-0.3, -0.25) is 0 Å². The minimum atomic E-state index is -0.0204. The van der Waals surface area contributed by atoms with Crippen molar-refractivity contribution in [3.63, 3.8) is 0 Å². The van der Waals surface area contributed by atoms with Gasteiger partial charge in [0.1, 0.15) is 9.66 Å². The number of thiophene rings is 2. The lowest BCUT2D eigenvalue weighted by molar-refractivity contribution is 0.660. The first-order valence-corrected chi connectivity index (χ1v) is 17.6. The molecular weight excluding hydrogens is 609 g/mol. The molecule has 47 heavy (non-hydrogen) atoms. The molecule has 0 unspecified atom stereocenters. The van der Waals surface area contributed by atoms with Crippen molar-refractivity contribution < 1.29 is 0 Å². The maximum absolute atomic E-state index is 5.27. The van der Waals surface area contributed by atoms with Crippen LogP contribution >= 0.6 is 22.7 Å². The SMILES string of the molecule is CC1(C)c2ccccc2-c2ccc(-c3cccc(-c4cccc5c4sc4nc(-c6cccc7c6sc6ncccc67)ccc45)c3)cc21. The van der Waals surface area contributed by atoms with E-state index in [4.69, 9.17) is 4.98 Å². The molecule has 0 spiro atoms. The van der Waals surface area contributed by atoms with Crippen LogP contribution in [0.4, 0.5) is 0 Å². The monoisotopic (exact) mass is 636 g/mol. The van der Waals surface area contributed by atoms with Crippen LogP contribution in [-0.4, -0.2) is 9.97 Å².